The molecule has 0 amide bonds. The Morgan fingerprint density at radius 1 is 1.06 bits per heavy atom. The second-order valence-electron chi connectivity index (χ2n) is 3.29. The van der Waals surface area contributed by atoms with E-state index < -0.39 is 11.7 Å². The molecule has 0 bridgehead atoms. The second kappa shape index (κ2) is 3.65. The van der Waals surface area contributed by atoms with Crippen LogP contribution in [0.3, 0.4) is 0 Å². The Hall–Kier alpha value is -2.25. The maximum atomic E-state index is 12.5. The van der Waals surface area contributed by atoms with Crippen molar-refractivity contribution >= 4 is 11.7 Å². The van der Waals surface area contributed by atoms with E-state index in [1.54, 1.807) is 0 Å². The molecule has 0 aliphatic carbocycles. The lowest BCUT2D eigenvalue weighted by Gasteiger charge is -2.08. The lowest BCUT2D eigenvalue weighted by molar-refractivity contribution is -0.137. The maximum absolute atomic E-state index is 12.5. The van der Waals surface area contributed by atoms with Crippen molar-refractivity contribution in [2.24, 2.45) is 0 Å². The van der Waals surface area contributed by atoms with Crippen LogP contribution in [0.15, 0.2) is 22.6 Å². The fourth-order valence-corrected chi connectivity index (χ4v) is 1.29. The number of anilines is 2. The summed E-state index contributed by atoms with van der Waals surface area (Å²) < 4.78 is 42.4. The van der Waals surface area contributed by atoms with Gasteiger partial charge in [0, 0.05) is 11.3 Å². The Morgan fingerprint density at radius 2 is 1.76 bits per heavy atom. The lowest BCUT2D eigenvalue weighted by Crippen LogP contribution is -2.06. The van der Waals surface area contributed by atoms with E-state index in [-0.39, 0.29) is 23.2 Å². The van der Waals surface area contributed by atoms with Gasteiger partial charge in [-0.15, -0.1) is 5.10 Å². The van der Waals surface area contributed by atoms with E-state index in [0.717, 1.165) is 12.1 Å². The number of nitrogen functional groups attached to an aromatic ring is 2. The Balaban J connectivity index is 2.52. The molecule has 90 valence electrons. The van der Waals surface area contributed by atoms with Gasteiger partial charge in [0.2, 0.25) is 5.89 Å². The summed E-state index contributed by atoms with van der Waals surface area (Å²) in [6, 6.07) is 2.75. The first-order valence-corrected chi connectivity index (χ1v) is 4.43. The number of rotatable bonds is 1. The Kier molecular flexibility index (Phi) is 2.41. The molecule has 0 atom stereocenters. The predicted octanol–water partition coefficient (Wildman–Crippen LogP) is 1.92. The summed E-state index contributed by atoms with van der Waals surface area (Å²) in [6.45, 7) is 0. The zero-order valence-electron chi connectivity index (χ0n) is 8.32. The van der Waals surface area contributed by atoms with Crippen LogP contribution in [0.25, 0.3) is 11.5 Å². The molecule has 0 saturated carbocycles. The molecule has 17 heavy (non-hydrogen) atoms. The van der Waals surface area contributed by atoms with E-state index >= 15 is 0 Å². The summed E-state index contributed by atoms with van der Waals surface area (Å²) in [6.07, 6.45) is -4.49. The highest BCUT2D eigenvalue weighted by atomic mass is 19.4. The SMILES string of the molecule is Nc1cc(-c2nnc(N)o2)cc(C(F)(F)F)c1. The molecule has 8 heteroatoms. The first-order chi connectivity index (χ1) is 7.86. The fourth-order valence-electron chi connectivity index (χ4n) is 1.29. The third kappa shape index (κ3) is 2.30. The van der Waals surface area contributed by atoms with Crippen LogP contribution in [-0.4, -0.2) is 10.2 Å². The molecule has 5 nitrogen and oxygen atoms in total. The number of alkyl halides is 3. The van der Waals surface area contributed by atoms with Gasteiger partial charge in [0.25, 0.3) is 0 Å². The molecule has 0 saturated heterocycles. The topological polar surface area (TPSA) is 91.0 Å². The molecule has 2 rings (SSSR count). The van der Waals surface area contributed by atoms with Gasteiger partial charge in [0.05, 0.1) is 5.56 Å². The van der Waals surface area contributed by atoms with Gasteiger partial charge in [-0.2, -0.15) is 13.2 Å². The molecule has 0 spiro atoms. The van der Waals surface area contributed by atoms with Crippen molar-refractivity contribution in [1.29, 1.82) is 0 Å². The van der Waals surface area contributed by atoms with Gasteiger partial charge in [-0.25, -0.2) is 0 Å². The minimum Gasteiger partial charge on any atom is -0.404 e. The fraction of sp³-hybridized carbons (Fsp3) is 0.111. The standard InChI is InChI=1S/C9H7F3N4O/c10-9(11,12)5-1-4(2-6(13)3-5)7-15-16-8(14)17-7/h1-3H,13H2,(H2,14,16). The van der Waals surface area contributed by atoms with Crippen molar-refractivity contribution < 1.29 is 17.6 Å². The Morgan fingerprint density at radius 3 is 2.29 bits per heavy atom. The van der Waals surface area contributed by atoms with Gasteiger partial charge in [0.15, 0.2) is 0 Å². The number of nitrogens with two attached hydrogens (primary N) is 2. The van der Waals surface area contributed by atoms with Gasteiger partial charge < -0.3 is 15.9 Å². The van der Waals surface area contributed by atoms with Crippen LogP contribution in [-0.2, 0) is 6.18 Å². The maximum Gasteiger partial charge on any atom is 0.416 e. The minimum atomic E-state index is -4.49. The second-order valence-corrected chi connectivity index (χ2v) is 3.29. The average Bonchev–Trinajstić information content (AvgIpc) is 2.62. The average molecular weight is 244 g/mol. The lowest BCUT2D eigenvalue weighted by atomic mass is 10.1. The smallest absolute Gasteiger partial charge is 0.404 e. The quantitative estimate of drug-likeness (QED) is 0.748. The molecule has 1 aromatic carbocycles. The number of hydrogen-bond acceptors (Lipinski definition) is 5. The predicted molar refractivity (Wildman–Crippen MR) is 53.6 cm³/mol. The highest BCUT2D eigenvalue weighted by Crippen LogP contribution is 2.33. The third-order valence-electron chi connectivity index (χ3n) is 1.97. The molecule has 0 aliphatic heterocycles. The van der Waals surface area contributed by atoms with E-state index in [0.29, 0.717) is 0 Å². The number of hydrogen-bond donors (Lipinski definition) is 2. The highest BCUT2D eigenvalue weighted by Gasteiger charge is 2.31. The molecular weight excluding hydrogens is 237 g/mol. The Bertz CT molecular complexity index is 549. The molecule has 2 aromatic rings. The monoisotopic (exact) mass is 244 g/mol. The summed E-state index contributed by atoms with van der Waals surface area (Å²) in [5, 5.41) is 6.84. The molecule has 0 unspecified atom stereocenters. The zero-order chi connectivity index (χ0) is 12.6. The van der Waals surface area contributed by atoms with Crippen LogP contribution in [0.5, 0.6) is 0 Å². The summed E-state index contributed by atoms with van der Waals surface area (Å²) in [7, 11) is 0. The third-order valence-corrected chi connectivity index (χ3v) is 1.97. The molecule has 1 heterocycles. The van der Waals surface area contributed by atoms with E-state index in [2.05, 4.69) is 10.2 Å². The zero-order valence-corrected chi connectivity index (χ0v) is 8.32. The van der Waals surface area contributed by atoms with Crippen LogP contribution >= 0.6 is 0 Å². The van der Waals surface area contributed by atoms with Gasteiger partial charge in [0.1, 0.15) is 0 Å². The number of benzene rings is 1. The van der Waals surface area contributed by atoms with Crippen LogP contribution in [0.4, 0.5) is 24.9 Å². The van der Waals surface area contributed by atoms with Gasteiger partial charge >= 0.3 is 12.2 Å². The van der Waals surface area contributed by atoms with Crippen molar-refractivity contribution in [3.8, 4) is 11.5 Å². The van der Waals surface area contributed by atoms with Crippen molar-refractivity contribution in [3.05, 3.63) is 23.8 Å². The van der Waals surface area contributed by atoms with E-state index in [1.807, 2.05) is 0 Å². The molecular formula is C9H7F3N4O. The molecule has 0 aliphatic rings. The van der Waals surface area contributed by atoms with Gasteiger partial charge in [-0.3, -0.25) is 0 Å². The largest absolute Gasteiger partial charge is 0.416 e. The summed E-state index contributed by atoms with van der Waals surface area (Å²) in [5.74, 6) is -0.111. The van der Waals surface area contributed by atoms with E-state index in [4.69, 9.17) is 15.9 Å². The van der Waals surface area contributed by atoms with Crippen LogP contribution in [0.1, 0.15) is 5.56 Å². The summed E-state index contributed by atoms with van der Waals surface area (Å²) in [5.41, 5.74) is 9.70. The highest BCUT2D eigenvalue weighted by molar-refractivity contribution is 5.62. The summed E-state index contributed by atoms with van der Waals surface area (Å²) >= 11 is 0. The molecule has 0 fully saturated rings. The normalized spacial score (nSPS) is 11.7. The van der Waals surface area contributed by atoms with Crippen LogP contribution in [0, 0.1) is 0 Å². The molecule has 1 aromatic heterocycles. The van der Waals surface area contributed by atoms with Crippen LogP contribution in [0.2, 0.25) is 0 Å². The first-order valence-electron chi connectivity index (χ1n) is 4.43. The number of aromatic nitrogens is 2. The van der Waals surface area contributed by atoms with Crippen molar-refractivity contribution in [2.75, 3.05) is 11.5 Å². The van der Waals surface area contributed by atoms with Crippen molar-refractivity contribution in [3.63, 3.8) is 0 Å². The number of halogens is 3. The summed E-state index contributed by atoms with van der Waals surface area (Å²) in [4.78, 5) is 0. The molecule has 4 N–H and O–H groups in total. The molecule has 0 radical (unpaired) electrons. The number of nitrogens with zero attached hydrogens (tertiary/aromatic N) is 2. The van der Waals surface area contributed by atoms with Gasteiger partial charge in [-0.05, 0) is 18.2 Å². The Labute approximate surface area is 93.2 Å². The van der Waals surface area contributed by atoms with E-state index in [1.165, 1.54) is 6.07 Å². The van der Waals surface area contributed by atoms with Crippen molar-refractivity contribution in [2.45, 2.75) is 6.18 Å². The van der Waals surface area contributed by atoms with E-state index in [9.17, 15) is 13.2 Å². The van der Waals surface area contributed by atoms with Crippen LogP contribution < -0.4 is 11.5 Å². The minimum absolute atomic E-state index is 0.0494. The van der Waals surface area contributed by atoms with Crippen molar-refractivity contribution in [1.82, 2.24) is 10.2 Å². The van der Waals surface area contributed by atoms with Gasteiger partial charge in [-0.1, -0.05) is 5.10 Å². The first kappa shape index (κ1) is 11.2.